The van der Waals surface area contributed by atoms with Crippen molar-refractivity contribution in [3.8, 4) is 0 Å². The van der Waals surface area contributed by atoms with Crippen LogP contribution < -0.4 is 11.1 Å². The molecule has 1 atom stereocenters. The maximum Gasteiger partial charge on any atom is 0.240 e. The highest BCUT2D eigenvalue weighted by atomic mass is 16.5. The second-order valence-electron chi connectivity index (χ2n) is 4.98. The van der Waals surface area contributed by atoms with Gasteiger partial charge in [0.2, 0.25) is 11.9 Å². The first kappa shape index (κ1) is 12.9. The summed E-state index contributed by atoms with van der Waals surface area (Å²) in [5, 5.41) is 2.89. The van der Waals surface area contributed by atoms with Crippen molar-refractivity contribution < 1.29 is 9.53 Å². The van der Waals surface area contributed by atoms with Gasteiger partial charge in [-0.3, -0.25) is 4.79 Å². The van der Waals surface area contributed by atoms with Crippen molar-refractivity contribution >= 4 is 22.9 Å². The zero-order chi connectivity index (χ0) is 13.9. The molecule has 6 nitrogen and oxygen atoms in total. The number of para-hydroxylation sites is 2. The van der Waals surface area contributed by atoms with Gasteiger partial charge in [0.1, 0.15) is 6.54 Å². The van der Waals surface area contributed by atoms with Crippen LogP contribution in [0.25, 0.3) is 11.0 Å². The SMILES string of the molecule is Nc1nc2ccccc2n1CC(=O)NCC1CCCO1. The molecule has 106 valence electrons. The molecule has 0 radical (unpaired) electrons. The van der Waals surface area contributed by atoms with Crippen LogP contribution in [0, 0.1) is 0 Å². The molecule has 20 heavy (non-hydrogen) atoms. The second kappa shape index (κ2) is 5.50. The summed E-state index contributed by atoms with van der Waals surface area (Å²) in [7, 11) is 0. The molecular formula is C14H18N4O2. The second-order valence-corrected chi connectivity index (χ2v) is 4.98. The minimum atomic E-state index is -0.0737. The number of nitrogens with two attached hydrogens (primary N) is 1. The molecule has 0 spiro atoms. The van der Waals surface area contributed by atoms with Gasteiger partial charge >= 0.3 is 0 Å². The number of ether oxygens (including phenoxy) is 1. The number of amides is 1. The topological polar surface area (TPSA) is 82.2 Å². The maximum atomic E-state index is 12.0. The van der Waals surface area contributed by atoms with Gasteiger partial charge in [0.15, 0.2) is 0 Å². The molecular weight excluding hydrogens is 256 g/mol. The molecule has 1 amide bonds. The molecule has 1 aliphatic heterocycles. The summed E-state index contributed by atoms with van der Waals surface area (Å²) in [5.74, 6) is 0.286. The first-order valence-corrected chi connectivity index (χ1v) is 6.83. The number of anilines is 1. The average Bonchev–Trinajstić information content (AvgIpc) is 3.06. The van der Waals surface area contributed by atoms with Gasteiger partial charge < -0.3 is 20.4 Å². The van der Waals surface area contributed by atoms with Crippen molar-refractivity contribution in [2.75, 3.05) is 18.9 Å². The first-order valence-electron chi connectivity index (χ1n) is 6.83. The molecule has 0 saturated carbocycles. The molecule has 1 saturated heterocycles. The van der Waals surface area contributed by atoms with Crippen LogP contribution in [0.15, 0.2) is 24.3 Å². The summed E-state index contributed by atoms with van der Waals surface area (Å²) >= 11 is 0. The van der Waals surface area contributed by atoms with E-state index < -0.39 is 0 Å². The van der Waals surface area contributed by atoms with Gasteiger partial charge in [-0.2, -0.15) is 0 Å². The molecule has 1 fully saturated rings. The maximum absolute atomic E-state index is 12.0. The van der Waals surface area contributed by atoms with Crippen molar-refractivity contribution in [2.24, 2.45) is 0 Å². The Balaban J connectivity index is 1.66. The molecule has 1 aromatic heterocycles. The van der Waals surface area contributed by atoms with E-state index in [4.69, 9.17) is 10.5 Å². The van der Waals surface area contributed by atoms with E-state index in [1.54, 1.807) is 4.57 Å². The van der Waals surface area contributed by atoms with E-state index in [0.29, 0.717) is 12.5 Å². The number of carbonyl (C=O) groups is 1. The summed E-state index contributed by atoms with van der Waals surface area (Å²) in [5.41, 5.74) is 7.54. The van der Waals surface area contributed by atoms with Crippen LogP contribution in [0.3, 0.4) is 0 Å². The molecule has 1 unspecified atom stereocenters. The molecule has 6 heteroatoms. The fraction of sp³-hybridized carbons (Fsp3) is 0.429. The van der Waals surface area contributed by atoms with E-state index >= 15 is 0 Å². The number of hydrogen-bond acceptors (Lipinski definition) is 4. The monoisotopic (exact) mass is 274 g/mol. The number of carbonyl (C=O) groups excluding carboxylic acids is 1. The van der Waals surface area contributed by atoms with E-state index in [1.807, 2.05) is 24.3 Å². The Kier molecular flexibility index (Phi) is 3.56. The molecule has 1 aromatic carbocycles. The number of hydrogen-bond donors (Lipinski definition) is 2. The molecule has 0 bridgehead atoms. The van der Waals surface area contributed by atoms with Crippen LogP contribution in [-0.2, 0) is 16.1 Å². The predicted octanol–water partition coefficient (Wildman–Crippen LogP) is 0.914. The molecule has 1 aliphatic rings. The van der Waals surface area contributed by atoms with Crippen LogP contribution in [0.4, 0.5) is 5.95 Å². The van der Waals surface area contributed by atoms with Gasteiger partial charge in [0.05, 0.1) is 17.1 Å². The standard InChI is InChI=1S/C14H18N4O2/c15-14-17-11-5-1-2-6-12(11)18(14)9-13(19)16-8-10-4-3-7-20-10/h1-2,5-6,10H,3-4,7-9H2,(H2,15,17)(H,16,19). The third-order valence-electron chi connectivity index (χ3n) is 3.54. The van der Waals surface area contributed by atoms with Crippen molar-refractivity contribution in [1.29, 1.82) is 0 Å². The van der Waals surface area contributed by atoms with Crippen molar-refractivity contribution in [3.63, 3.8) is 0 Å². The lowest BCUT2D eigenvalue weighted by molar-refractivity contribution is -0.122. The molecule has 3 N–H and O–H groups in total. The van der Waals surface area contributed by atoms with Gasteiger partial charge in [-0.15, -0.1) is 0 Å². The van der Waals surface area contributed by atoms with Crippen LogP contribution in [0.1, 0.15) is 12.8 Å². The lowest BCUT2D eigenvalue weighted by atomic mass is 10.2. The fourth-order valence-electron chi connectivity index (χ4n) is 2.49. The largest absolute Gasteiger partial charge is 0.376 e. The Labute approximate surface area is 116 Å². The van der Waals surface area contributed by atoms with E-state index in [2.05, 4.69) is 10.3 Å². The summed E-state index contributed by atoms with van der Waals surface area (Å²) in [6, 6.07) is 7.60. The van der Waals surface area contributed by atoms with Gasteiger partial charge in [0.25, 0.3) is 0 Å². The van der Waals surface area contributed by atoms with Gasteiger partial charge in [-0.05, 0) is 25.0 Å². The van der Waals surface area contributed by atoms with E-state index in [1.165, 1.54) is 0 Å². The van der Waals surface area contributed by atoms with E-state index in [-0.39, 0.29) is 18.6 Å². The Morgan fingerprint density at radius 1 is 1.50 bits per heavy atom. The number of nitrogen functional groups attached to an aromatic ring is 1. The zero-order valence-corrected chi connectivity index (χ0v) is 11.2. The van der Waals surface area contributed by atoms with Crippen LogP contribution in [0.5, 0.6) is 0 Å². The number of nitrogens with zero attached hydrogens (tertiary/aromatic N) is 2. The Bertz CT molecular complexity index is 617. The third-order valence-corrected chi connectivity index (χ3v) is 3.54. The Morgan fingerprint density at radius 3 is 3.15 bits per heavy atom. The summed E-state index contributed by atoms with van der Waals surface area (Å²) in [4.78, 5) is 16.2. The number of benzene rings is 1. The lowest BCUT2D eigenvalue weighted by Crippen LogP contribution is -2.34. The van der Waals surface area contributed by atoms with Crippen molar-refractivity contribution in [3.05, 3.63) is 24.3 Å². The van der Waals surface area contributed by atoms with Crippen molar-refractivity contribution in [2.45, 2.75) is 25.5 Å². The van der Waals surface area contributed by atoms with E-state index in [9.17, 15) is 4.79 Å². The first-order chi connectivity index (χ1) is 9.74. The van der Waals surface area contributed by atoms with Crippen LogP contribution >= 0.6 is 0 Å². The van der Waals surface area contributed by atoms with Gasteiger partial charge in [-0.1, -0.05) is 12.1 Å². The Morgan fingerprint density at radius 2 is 2.35 bits per heavy atom. The minimum Gasteiger partial charge on any atom is -0.376 e. The zero-order valence-electron chi connectivity index (χ0n) is 11.2. The average molecular weight is 274 g/mol. The number of imidazole rings is 1. The lowest BCUT2D eigenvalue weighted by Gasteiger charge is -2.11. The number of fused-ring (bicyclic) bond motifs is 1. The smallest absolute Gasteiger partial charge is 0.240 e. The Hall–Kier alpha value is -2.08. The number of aromatic nitrogens is 2. The number of nitrogens with one attached hydrogen (secondary N) is 1. The predicted molar refractivity (Wildman–Crippen MR) is 76.1 cm³/mol. The third kappa shape index (κ3) is 2.60. The summed E-state index contributed by atoms with van der Waals surface area (Å²) in [6.07, 6.45) is 2.23. The van der Waals surface area contributed by atoms with Crippen LogP contribution in [0.2, 0.25) is 0 Å². The normalized spacial score (nSPS) is 18.5. The van der Waals surface area contributed by atoms with Crippen LogP contribution in [-0.4, -0.2) is 34.7 Å². The molecule has 3 rings (SSSR count). The number of rotatable bonds is 4. The molecule has 2 aromatic rings. The van der Waals surface area contributed by atoms with Gasteiger partial charge in [0, 0.05) is 13.2 Å². The molecule has 2 heterocycles. The summed E-state index contributed by atoms with van der Waals surface area (Å²) < 4.78 is 7.20. The quantitative estimate of drug-likeness (QED) is 0.868. The fourth-order valence-corrected chi connectivity index (χ4v) is 2.49. The van der Waals surface area contributed by atoms with Gasteiger partial charge in [-0.25, -0.2) is 4.98 Å². The minimum absolute atomic E-state index is 0.0737. The molecule has 0 aliphatic carbocycles. The van der Waals surface area contributed by atoms with Crippen molar-refractivity contribution in [1.82, 2.24) is 14.9 Å². The van der Waals surface area contributed by atoms with E-state index in [0.717, 1.165) is 30.5 Å². The highest BCUT2D eigenvalue weighted by Crippen LogP contribution is 2.17. The highest BCUT2D eigenvalue weighted by Gasteiger charge is 2.17. The summed E-state index contributed by atoms with van der Waals surface area (Å²) in [6.45, 7) is 1.53. The highest BCUT2D eigenvalue weighted by molar-refractivity contribution is 5.82.